The van der Waals surface area contributed by atoms with Crippen molar-refractivity contribution < 1.29 is 24.9 Å². The maximum Gasteiger partial charge on any atom is 0.140 e. The van der Waals surface area contributed by atoms with E-state index >= 15 is 0 Å². The van der Waals surface area contributed by atoms with Crippen molar-refractivity contribution in [3.8, 4) is 0 Å². The smallest absolute Gasteiger partial charge is 0.140 e. The predicted octanol–water partition coefficient (Wildman–Crippen LogP) is 2.61. The van der Waals surface area contributed by atoms with Gasteiger partial charge in [-0.2, -0.15) is 0 Å². The van der Waals surface area contributed by atoms with Crippen molar-refractivity contribution in [3.05, 3.63) is 48.0 Å². The second-order valence-corrected chi connectivity index (χ2v) is 7.29. The maximum atomic E-state index is 11.5. The third kappa shape index (κ3) is 5.45. The zero-order valence-corrected chi connectivity index (χ0v) is 15.7. The van der Waals surface area contributed by atoms with E-state index in [0.717, 1.165) is 5.56 Å². The van der Waals surface area contributed by atoms with Crippen LogP contribution in [0.25, 0.3) is 10.8 Å². The second-order valence-electron chi connectivity index (χ2n) is 7.29. The molecule has 1 aliphatic carbocycles. The number of aliphatic hydroxyl groups is 3. The first-order valence-electron chi connectivity index (χ1n) is 9.31. The molecule has 1 fully saturated rings. The molecule has 27 heavy (non-hydrogen) atoms. The van der Waals surface area contributed by atoms with Crippen molar-refractivity contribution >= 4 is 22.3 Å². The molecular weight excluding hydrogens is 344 g/mol. The Labute approximate surface area is 159 Å². The standard InChI is InChI=1S/C16H14O2.C6H14O3/c17-15-8-14(9-16(18)10-15)13-6-5-11-3-1-2-4-12(11)7-13;1-2-6(3-7,4-8)5-9/h1-7,14H,8-10H2;7-9H,2-5H2,1H3. The highest BCUT2D eigenvalue weighted by molar-refractivity contribution is 6.02. The number of aliphatic hydroxyl groups excluding tert-OH is 3. The summed E-state index contributed by atoms with van der Waals surface area (Å²) >= 11 is 0. The van der Waals surface area contributed by atoms with E-state index in [4.69, 9.17) is 15.3 Å². The Balaban J connectivity index is 0.000000249. The molecule has 0 bridgehead atoms. The predicted molar refractivity (Wildman–Crippen MR) is 105 cm³/mol. The molecule has 0 atom stereocenters. The third-order valence-electron chi connectivity index (χ3n) is 5.34. The Hall–Kier alpha value is -2.08. The van der Waals surface area contributed by atoms with Gasteiger partial charge in [0.25, 0.3) is 0 Å². The molecule has 2 aromatic carbocycles. The van der Waals surface area contributed by atoms with Gasteiger partial charge in [0, 0.05) is 18.3 Å². The van der Waals surface area contributed by atoms with Gasteiger partial charge in [0.1, 0.15) is 11.6 Å². The fourth-order valence-corrected chi connectivity index (χ4v) is 3.17. The van der Waals surface area contributed by atoms with Crippen molar-refractivity contribution in [2.45, 2.75) is 38.5 Å². The van der Waals surface area contributed by atoms with Crippen LogP contribution in [0.4, 0.5) is 0 Å². The van der Waals surface area contributed by atoms with Crippen molar-refractivity contribution in [3.63, 3.8) is 0 Å². The molecule has 0 aromatic heterocycles. The Morgan fingerprint density at radius 1 is 0.889 bits per heavy atom. The first kappa shape index (κ1) is 21.2. The Morgan fingerprint density at radius 3 is 1.93 bits per heavy atom. The van der Waals surface area contributed by atoms with Crippen LogP contribution in [0.5, 0.6) is 0 Å². The number of carbonyl (C=O) groups excluding carboxylic acids is 2. The van der Waals surface area contributed by atoms with Crippen LogP contribution < -0.4 is 0 Å². The number of hydrogen-bond donors (Lipinski definition) is 3. The van der Waals surface area contributed by atoms with E-state index in [1.165, 1.54) is 10.8 Å². The third-order valence-corrected chi connectivity index (χ3v) is 5.34. The molecule has 2 aromatic rings. The molecule has 0 unspecified atom stereocenters. The molecule has 0 saturated heterocycles. The molecule has 5 heteroatoms. The van der Waals surface area contributed by atoms with Gasteiger partial charge in [-0.1, -0.05) is 49.4 Å². The van der Waals surface area contributed by atoms with Gasteiger partial charge < -0.3 is 15.3 Å². The number of hydrogen-bond acceptors (Lipinski definition) is 5. The van der Waals surface area contributed by atoms with Crippen LogP contribution in [-0.2, 0) is 9.59 Å². The maximum absolute atomic E-state index is 11.5. The van der Waals surface area contributed by atoms with E-state index in [1.54, 1.807) is 0 Å². The molecular formula is C22H28O5. The highest BCUT2D eigenvalue weighted by Crippen LogP contribution is 2.31. The first-order valence-corrected chi connectivity index (χ1v) is 9.31. The molecule has 1 aliphatic rings. The van der Waals surface area contributed by atoms with Crippen LogP contribution in [0, 0.1) is 5.41 Å². The molecule has 1 saturated carbocycles. The highest BCUT2D eigenvalue weighted by atomic mass is 16.3. The van der Waals surface area contributed by atoms with Crippen LogP contribution in [0.15, 0.2) is 42.5 Å². The van der Waals surface area contributed by atoms with E-state index in [0.29, 0.717) is 19.3 Å². The molecule has 3 N–H and O–H groups in total. The monoisotopic (exact) mass is 372 g/mol. The highest BCUT2D eigenvalue weighted by Gasteiger charge is 2.26. The van der Waals surface area contributed by atoms with Crippen LogP contribution in [0.1, 0.15) is 44.1 Å². The molecule has 146 valence electrons. The number of benzene rings is 2. The van der Waals surface area contributed by atoms with Gasteiger partial charge in [-0.05, 0) is 28.7 Å². The topological polar surface area (TPSA) is 94.8 Å². The van der Waals surface area contributed by atoms with Crippen LogP contribution in [0.3, 0.4) is 0 Å². The quantitative estimate of drug-likeness (QED) is 0.701. The fraction of sp³-hybridized carbons (Fsp3) is 0.455. The zero-order chi connectivity index (χ0) is 19.9. The fourth-order valence-electron chi connectivity index (χ4n) is 3.17. The molecule has 0 amide bonds. The number of Topliss-reactive ketones (excluding diaryl/α,β-unsaturated/α-hetero) is 2. The lowest BCUT2D eigenvalue weighted by Crippen LogP contribution is -2.32. The minimum atomic E-state index is -0.667. The number of rotatable bonds is 5. The molecule has 0 spiro atoms. The van der Waals surface area contributed by atoms with E-state index < -0.39 is 5.41 Å². The molecule has 3 rings (SSSR count). The second kappa shape index (κ2) is 9.74. The van der Waals surface area contributed by atoms with Gasteiger partial charge in [0.2, 0.25) is 0 Å². The lowest BCUT2D eigenvalue weighted by Gasteiger charge is -2.24. The summed E-state index contributed by atoms with van der Waals surface area (Å²) in [4.78, 5) is 23.0. The van der Waals surface area contributed by atoms with Crippen LogP contribution >= 0.6 is 0 Å². The summed E-state index contributed by atoms with van der Waals surface area (Å²) in [6.45, 7) is 1.35. The van der Waals surface area contributed by atoms with Gasteiger partial charge in [-0.15, -0.1) is 0 Å². The van der Waals surface area contributed by atoms with Gasteiger partial charge >= 0.3 is 0 Å². The van der Waals surface area contributed by atoms with Crippen LogP contribution in [-0.4, -0.2) is 46.7 Å². The summed E-state index contributed by atoms with van der Waals surface area (Å²) in [5.74, 6) is 0.220. The van der Waals surface area contributed by atoms with Gasteiger partial charge in [0.15, 0.2) is 0 Å². The minimum absolute atomic E-state index is 0.0726. The first-order chi connectivity index (χ1) is 13.0. The lowest BCUT2D eigenvalue weighted by atomic mass is 9.82. The van der Waals surface area contributed by atoms with Crippen molar-refractivity contribution in [2.24, 2.45) is 5.41 Å². The van der Waals surface area contributed by atoms with Crippen molar-refractivity contribution in [1.82, 2.24) is 0 Å². The minimum Gasteiger partial charge on any atom is -0.396 e. The summed E-state index contributed by atoms with van der Waals surface area (Å²) in [5.41, 5.74) is 0.440. The van der Waals surface area contributed by atoms with Gasteiger partial charge in [0.05, 0.1) is 26.2 Å². The molecule has 0 heterocycles. The Bertz CT molecular complexity index is 746. The largest absolute Gasteiger partial charge is 0.396 e. The van der Waals surface area contributed by atoms with E-state index in [2.05, 4.69) is 24.3 Å². The summed E-state index contributed by atoms with van der Waals surface area (Å²) in [7, 11) is 0. The molecule has 0 radical (unpaired) electrons. The molecule has 5 nitrogen and oxygen atoms in total. The average molecular weight is 372 g/mol. The average Bonchev–Trinajstić information content (AvgIpc) is 2.69. The van der Waals surface area contributed by atoms with Crippen molar-refractivity contribution in [1.29, 1.82) is 0 Å². The van der Waals surface area contributed by atoms with E-state index in [9.17, 15) is 9.59 Å². The Morgan fingerprint density at radius 2 is 1.44 bits per heavy atom. The number of fused-ring (bicyclic) bond motifs is 1. The molecule has 0 aliphatic heterocycles. The summed E-state index contributed by atoms with van der Waals surface area (Å²) in [6.07, 6.45) is 1.73. The van der Waals surface area contributed by atoms with E-state index in [1.807, 2.05) is 25.1 Å². The summed E-state index contributed by atoms with van der Waals surface area (Å²) in [6, 6.07) is 14.3. The van der Waals surface area contributed by atoms with E-state index in [-0.39, 0.29) is 43.7 Å². The number of carbonyl (C=O) groups is 2. The summed E-state index contributed by atoms with van der Waals surface area (Å²) in [5, 5.41) is 28.3. The normalized spacial score (nSPS) is 15.6. The Kier molecular flexibility index (Phi) is 7.66. The van der Waals surface area contributed by atoms with Crippen LogP contribution in [0.2, 0.25) is 0 Å². The zero-order valence-electron chi connectivity index (χ0n) is 15.7. The van der Waals surface area contributed by atoms with Gasteiger partial charge in [-0.25, -0.2) is 0 Å². The van der Waals surface area contributed by atoms with Crippen molar-refractivity contribution in [2.75, 3.05) is 19.8 Å². The SMILES string of the molecule is CCC(CO)(CO)CO.O=C1CC(=O)CC(c2ccc3ccccc3c2)C1. The van der Waals surface area contributed by atoms with Gasteiger partial charge in [-0.3, -0.25) is 9.59 Å². The number of ketones is 2. The lowest BCUT2D eigenvalue weighted by molar-refractivity contribution is -0.130. The summed E-state index contributed by atoms with van der Waals surface area (Å²) < 4.78 is 0.